The lowest BCUT2D eigenvalue weighted by Crippen LogP contribution is -2.33. The number of hydrogen-bond acceptors (Lipinski definition) is 9. The summed E-state index contributed by atoms with van der Waals surface area (Å²) in [6, 6.07) is 5.69. The average Bonchev–Trinajstić information content (AvgIpc) is 3.31. The summed E-state index contributed by atoms with van der Waals surface area (Å²) >= 11 is 0. The Morgan fingerprint density at radius 3 is 2.56 bits per heavy atom. The van der Waals surface area contributed by atoms with Crippen LogP contribution in [0.15, 0.2) is 30.0 Å². The molecular formula is C31H46N8O2. The molecule has 2 heterocycles. The van der Waals surface area contributed by atoms with Gasteiger partial charge in [0.1, 0.15) is 0 Å². The van der Waals surface area contributed by atoms with E-state index in [9.17, 15) is 9.59 Å². The molecule has 1 saturated heterocycles. The minimum absolute atomic E-state index is 0.0132. The van der Waals surface area contributed by atoms with Gasteiger partial charge < -0.3 is 25.8 Å². The second kappa shape index (κ2) is 12.0. The van der Waals surface area contributed by atoms with E-state index < -0.39 is 0 Å². The number of hydrogen-bond donors (Lipinski definition) is 3. The molecule has 10 heteroatoms. The summed E-state index contributed by atoms with van der Waals surface area (Å²) in [6.07, 6.45) is 4.25. The molecule has 1 aliphatic heterocycles. The van der Waals surface area contributed by atoms with Crippen LogP contribution in [0.3, 0.4) is 0 Å². The van der Waals surface area contributed by atoms with Gasteiger partial charge >= 0.3 is 0 Å². The van der Waals surface area contributed by atoms with E-state index in [0.29, 0.717) is 36.4 Å². The van der Waals surface area contributed by atoms with Gasteiger partial charge in [0, 0.05) is 68.7 Å². The zero-order chi connectivity index (χ0) is 29.9. The van der Waals surface area contributed by atoms with Crippen LogP contribution in [0.1, 0.15) is 76.7 Å². The van der Waals surface area contributed by atoms with E-state index in [-0.39, 0.29) is 28.6 Å². The summed E-state index contributed by atoms with van der Waals surface area (Å²) in [5.41, 5.74) is 3.47. The smallest absolute Gasteiger partial charge is 0.251 e. The maximum atomic E-state index is 12.5. The van der Waals surface area contributed by atoms with Crippen molar-refractivity contribution in [2.45, 2.75) is 73.8 Å². The molecule has 4 rings (SSSR count). The van der Waals surface area contributed by atoms with Gasteiger partial charge in [-0.2, -0.15) is 15.0 Å². The van der Waals surface area contributed by atoms with Crippen molar-refractivity contribution >= 4 is 35.2 Å². The predicted octanol–water partition coefficient (Wildman–Crippen LogP) is 4.91. The van der Waals surface area contributed by atoms with Crippen molar-refractivity contribution in [1.29, 1.82) is 0 Å². The maximum Gasteiger partial charge on any atom is 0.251 e. The Kier molecular flexibility index (Phi) is 8.89. The van der Waals surface area contributed by atoms with E-state index in [4.69, 9.17) is 15.0 Å². The number of likely N-dealkylation sites (tertiary alicyclic amines) is 1. The zero-order valence-corrected chi connectivity index (χ0v) is 25.9. The van der Waals surface area contributed by atoms with Crippen molar-refractivity contribution in [3.8, 4) is 0 Å². The van der Waals surface area contributed by atoms with Crippen molar-refractivity contribution < 1.29 is 9.59 Å². The quantitative estimate of drug-likeness (QED) is 0.392. The third kappa shape index (κ3) is 8.17. The third-order valence-electron chi connectivity index (χ3n) is 7.33. The fourth-order valence-electron chi connectivity index (χ4n) is 5.56. The minimum atomic E-state index is -0.122. The molecule has 2 aliphatic rings. The highest BCUT2D eigenvalue weighted by Crippen LogP contribution is 2.36. The van der Waals surface area contributed by atoms with Crippen LogP contribution in [0.5, 0.6) is 0 Å². The van der Waals surface area contributed by atoms with Crippen LogP contribution in [0.25, 0.3) is 0 Å². The first-order chi connectivity index (χ1) is 19.2. The lowest BCUT2D eigenvalue weighted by atomic mass is 9.78. The molecule has 0 saturated carbocycles. The molecule has 0 radical (unpaired) electrons. The van der Waals surface area contributed by atoms with Gasteiger partial charge in [0.05, 0.1) is 0 Å². The number of carbonyl (C=O) groups excluding carboxylic acids is 2. The number of amides is 1. The van der Waals surface area contributed by atoms with E-state index in [1.807, 2.05) is 50.1 Å². The zero-order valence-electron chi connectivity index (χ0n) is 25.9. The van der Waals surface area contributed by atoms with Crippen molar-refractivity contribution in [2.75, 3.05) is 48.8 Å². The van der Waals surface area contributed by atoms with Crippen LogP contribution in [0, 0.1) is 17.8 Å². The van der Waals surface area contributed by atoms with Gasteiger partial charge in [0.2, 0.25) is 17.8 Å². The third-order valence-corrected chi connectivity index (χ3v) is 7.33. The highest BCUT2D eigenvalue weighted by atomic mass is 16.1. The molecule has 10 nitrogen and oxygen atoms in total. The Labute approximate surface area is 244 Å². The number of aryl methyl sites for hydroxylation is 1. The summed E-state index contributed by atoms with van der Waals surface area (Å²) in [4.78, 5) is 43.4. The molecule has 222 valence electrons. The van der Waals surface area contributed by atoms with Crippen molar-refractivity contribution in [1.82, 2.24) is 25.2 Å². The van der Waals surface area contributed by atoms with Gasteiger partial charge in [-0.1, -0.05) is 40.7 Å². The maximum absolute atomic E-state index is 12.5. The topological polar surface area (TPSA) is 115 Å². The van der Waals surface area contributed by atoms with Crippen LogP contribution in [-0.2, 0) is 4.79 Å². The monoisotopic (exact) mass is 562 g/mol. The first-order valence-electron chi connectivity index (χ1n) is 14.6. The fourth-order valence-corrected chi connectivity index (χ4v) is 5.56. The molecule has 1 fully saturated rings. The standard InChI is InChI=1S/C31H46N8O2/c1-9-32-26(41)21-11-10-20(2)25(14-21)34-28-35-27(36-29(37-28)38(8)19-30(3,4)5)33-22-12-13-39(18-22)23-15-24(40)17-31(6,7)16-23/h10-11,14-15,22H,9,12-13,16-19H2,1-8H3,(H,32,41)(H2,33,34,35,36,37)/t22-/m1/s1. The van der Waals surface area contributed by atoms with Crippen molar-refractivity contribution in [2.24, 2.45) is 10.8 Å². The van der Waals surface area contributed by atoms with Crippen LogP contribution >= 0.6 is 0 Å². The fraction of sp³-hybridized carbons (Fsp3) is 0.581. The molecule has 1 aromatic carbocycles. The molecular weight excluding hydrogens is 516 g/mol. The number of rotatable bonds is 9. The number of allylic oxidation sites excluding steroid dienone is 2. The lowest BCUT2D eigenvalue weighted by molar-refractivity contribution is -0.117. The van der Waals surface area contributed by atoms with E-state index in [1.54, 1.807) is 0 Å². The normalized spacial score (nSPS) is 18.6. The van der Waals surface area contributed by atoms with Crippen LogP contribution in [-0.4, -0.2) is 70.8 Å². The predicted molar refractivity (Wildman–Crippen MR) is 165 cm³/mol. The first-order valence-corrected chi connectivity index (χ1v) is 14.6. The Morgan fingerprint density at radius 1 is 1.15 bits per heavy atom. The molecule has 0 unspecified atom stereocenters. The van der Waals surface area contributed by atoms with Crippen LogP contribution < -0.4 is 20.9 Å². The number of carbonyl (C=O) groups is 2. The summed E-state index contributed by atoms with van der Waals surface area (Å²) in [6.45, 7) is 17.7. The van der Waals surface area contributed by atoms with Crippen LogP contribution in [0.4, 0.5) is 23.5 Å². The van der Waals surface area contributed by atoms with E-state index in [0.717, 1.165) is 49.4 Å². The molecule has 2 aromatic rings. The molecule has 0 spiro atoms. The van der Waals surface area contributed by atoms with Crippen LogP contribution in [0.2, 0.25) is 0 Å². The molecule has 1 amide bonds. The molecule has 0 bridgehead atoms. The summed E-state index contributed by atoms with van der Waals surface area (Å²) in [5, 5.41) is 9.73. The highest BCUT2D eigenvalue weighted by molar-refractivity contribution is 5.95. The molecule has 1 atom stereocenters. The highest BCUT2D eigenvalue weighted by Gasteiger charge is 2.33. The number of benzene rings is 1. The number of aromatic nitrogens is 3. The number of ketones is 1. The van der Waals surface area contributed by atoms with Gasteiger partial charge in [0.25, 0.3) is 5.91 Å². The van der Waals surface area contributed by atoms with Gasteiger partial charge in [-0.3, -0.25) is 9.59 Å². The Morgan fingerprint density at radius 2 is 1.88 bits per heavy atom. The Balaban J connectivity index is 1.57. The molecule has 1 aromatic heterocycles. The SMILES string of the molecule is CCNC(=O)c1ccc(C)c(Nc2nc(N[C@@H]3CCN(C4=CC(=O)CC(C)(C)C4)C3)nc(N(C)CC(C)(C)C)n2)c1. The van der Waals surface area contributed by atoms with E-state index in [2.05, 4.69) is 55.5 Å². The molecule has 1 aliphatic carbocycles. The van der Waals surface area contributed by atoms with Crippen molar-refractivity contribution in [3.05, 3.63) is 41.1 Å². The van der Waals surface area contributed by atoms with Gasteiger partial charge in [-0.15, -0.1) is 0 Å². The van der Waals surface area contributed by atoms with Gasteiger partial charge in [-0.25, -0.2) is 0 Å². The Bertz CT molecular complexity index is 1310. The van der Waals surface area contributed by atoms with E-state index in [1.165, 1.54) is 0 Å². The summed E-state index contributed by atoms with van der Waals surface area (Å²) in [5.74, 6) is 1.56. The lowest BCUT2D eigenvalue weighted by Gasteiger charge is -2.33. The minimum Gasteiger partial charge on any atom is -0.373 e. The number of nitrogens with one attached hydrogen (secondary N) is 3. The summed E-state index contributed by atoms with van der Waals surface area (Å²) < 4.78 is 0. The van der Waals surface area contributed by atoms with Gasteiger partial charge in [-0.05, 0) is 55.2 Å². The van der Waals surface area contributed by atoms with Crippen molar-refractivity contribution in [3.63, 3.8) is 0 Å². The Hall–Kier alpha value is -3.69. The first kappa shape index (κ1) is 30.3. The van der Waals surface area contributed by atoms with Gasteiger partial charge in [0.15, 0.2) is 5.78 Å². The molecule has 41 heavy (non-hydrogen) atoms. The second-order valence-electron chi connectivity index (χ2n) is 13.4. The average molecular weight is 563 g/mol. The van der Waals surface area contributed by atoms with E-state index >= 15 is 0 Å². The largest absolute Gasteiger partial charge is 0.373 e. The molecule has 3 N–H and O–H groups in total. The summed E-state index contributed by atoms with van der Waals surface area (Å²) in [7, 11) is 1.99. The number of nitrogens with zero attached hydrogens (tertiary/aromatic N) is 5. The second-order valence-corrected chi connectivity index (χ2v) is 13.4. The number of anilines is 4.